The first-order chi connectivity index (χ1) is 8.02. The molecule has 2 amide bonds. The minimum Gasteiger partial charge on any atom is -0.396 e. The van der Waals surface area contributed by atoms with Crippen LogP contribution >= 0.6 is 23.2 Å². The monoisotopic (exact) mass is 276 g/mol. The average molecular weight is 277 g/mol. The Balaban J connectivity index is 2.48. The van der Waals surface area contributed by atoms with Crippen LogP contribution in [-0.4, -0.2) is 24.3 Å². The fraction of sp³-hybridized carbons (Fsp3) is 0.364. The molecule has 0 fully saturated rings. The van der Waals surface area contributed by atoms with Gasteiger partial charge in [-0.15, -0.1) is 0 Å². The van der Waals surface area contributed by atoms with E-state index in [2.05, 4.69) is 10.6 Å². The highest BCUT2D eigenvalue weighted by atomic mass is 35.5. The fourth-order valence-corrected chi connectivity index (χ4v) is 1.38. The predicted octanol–water partition coefficient (Wildman–Crippen LogP) is 2.74. The van der Waals surface area contributed by atoms with Gasteiger partial charge in [0, 0.05) is 18.8 Å². The number of anilines is 1. The van der Waals surface area contributed by atoms with Crippen LogP contribution in [0.5, 0.6) is 0 Å². The Bertz CT molecular complexity index is 399. The number of urea groups is 1. The number of nitrogens with one attached hydrogen (secondary N) is 2. The van der Waals surface area contributed by atoms with Gasteiger partial charge in [0.2, 0.25) is 0 Å². The van der Waals surface area contributed by atoms with E-state index in [9.17, 15) is 4.79 Å². The number of rotatable bonds is 4. The molecule has 94 valence electrons. The highest BCUT2D eigenvalue weighted by molar-refractivity contribution is 6.42. The number of carbonyl (C=O) groups is 1. The number of aliphatic hydroxyl groups excluding tert-OH is 1. The lowest BCUT2D eigenvalue weighted by atomic mass is 10.2. The van der Waals surface area contributed by atoms with Crippen LogP contribution in [0.15, 0.2) is 18.2 Å². The molecular formula is C11H14Cl2N2O2. The predicted molar refractivity (Wildman–Crippen MR) is 69.7 cm³/mol. The van der Waals surface area contributed by atoms with E-state index in [4.69, 9.17) is 28.3 Å². The zero-order valence-electron chi connectivity index (χ0n) is 9.34. The molecular weight excluding hydrogens is 263 g/mol. The van der Waals surface area contributed by atoms with Crippen molar-refractivity contribution in [3.63, 3.8) is 0 Å². The van der Waals surface area contributed by atoms with Crippen molar-refractivity contribution in [1.82, 2.24) is 5.32 Å². The second-order valence-corrected chi connectivity index (χ2v) is 4.57. The van der Waals surface area contributed by atoms with E-state index in [0.717, 1.165) is 0 Å². The van der Waals surface area contributed by atoms with Crippen LogP contribution in [-0.2, 0) is 0 Å². The molecule has 6 heteroatoms. The van der Waals surface area contributed by atoms with Gasteiger partial charge in [-0.3, -0.25) is 0 Å². The molecule has 0 aliphatic rings. The summed E-state index contributed by atoms with van der Waals surface area (Å²) < 4.78 is 0. The van der Waals surface area contributed by atoms with Crippen LogP contribution < -0.4 is 10.6 Å². The number of hydrogen-bond acceptors (Lipinski definition) is 2. The standard InChI is InChI=1S/C11H14Cl2N2O2/c1-7(6-16)5-14-11(17)15-8-2-3-9(12)10(13)4-8/h2-4,7,16H,5-6H2,1H3,(H2,14,15,17). The zero-order valence-corrected chi connectivity index (χ0v) is 10.8. The molecule has 0 spiro atoms. The number of halogens is 2. The SMILES string of the molecule is CC(CO)CNC(=O)Nc1ccc(Cl)c(Cl)c1. The molecule has 1 aromatic rings. The van der Waals surface area contributed by atoms with E-state index in [1.807, 2.05) is 6.92 Å². The van der Waals surface area contributed by atoms with Gasteiger partial charge in [0.15, 0.2) is 0 Å². The summed E-state index contributed by atoms with van der Waals surface area (Å²) in [5.41, 5.74) is 0.563. The molecule has 3 N–H and O–H groups in total. The fourth-order valence-electron chi connectivity index (χ4n) is 1.08. The maximum absolute atomic E-state index is 11.4. The third-order valence-electron chi connectivity index (χ3n) is 2.10. The molecule has 17 heavy (non-hydrogen) atoms. The Labute approximate surface area is 110 Å². The summed E-state index contributed by atoms with van der Waals surface area (Å²) in [7, 11) is 0. The molecule has 1 rings (SSSR count). The van der Waals surface area contributed by atoms with Gasteiger partial charge < -0.3 is 15.7 Å². The number of amides is 2. The molecule has 1 aromatic carbocycles. The first-order valence-corrected chi connectivity index (χ1v) is 5.89. The van der Waals surface area contributed by atoms with Crippen molar-refractivity contribution in [2.75, 3.05) is 18.5 Å². The van der Waals surface area contributed by atoms with Gasteiger partial charge in [0.05, 0.1) is 10.0 Å². The topological polar surface area (TPSA) is 61.4 Å². The summed E-state index contributed by atoms with van der Waals surface area (Å²) in [6.07, 6.45) is 0. The lowest BCUT2D eigenvalue weighted by molar-refractivity contribution is 0.227. The van der Waals surface area contributed by atoms with Gasteiger partial charge in [0.25, 0.3) is 0 Å². The van der Waals surface area contributed by atoms with Crippen molar-refractivity contribution in [1.29, 1.82) is 0 Å². The van der Waals surface area contributed by atoms with Gasteiger partial charge in [-0.05, 0) is 24.1 Å². The minimum atomic E-state index is -0.344. The van der Waals surface area contributed by atoms with Gasteiger partial charge in [0.1, 0.15) is 0 Å². The molecule has 0 aliphatic carbocycles. The van der Waals surface area contributed by atoms with E-state index < -0.39 is 0 Å². The Morgan fingerprint density at radius 3 is 2.71 bits per heavy atom. The number of carbonyl (C=O) groups excluding carboxylic acids is 1. The second-order valence-electron chi connectivity index (χ2n) is 3.75. The van der Waals surface area contributed by atoms with Gasteiger partial charge in [-0.2, -0.15) is 0 Å². The van der Waals surface area contributed by atoms with Crippen LogP contribution in [0.4, 0.5) is 10.5 Å². The first-order valence-electron chi connectivity index (χ1n) is 5.13. The highest BCUT2D eigenvalue weighted by Crippen LogP contribution is 2.24. The average Bonchev–Trinajstić information content (AvgIpc) is 2.31. The second kappa shape index (κ2) is 6.69. The molecule has 0 saturated carbocycles. The molecule has 0 bridgehead atoms. The van der Waals surface area contributed by atoms with Crippen molar-refractivity contribution in [3.8, 4) is 0 Å². The molecule has 1 atom stereocenters. The van der Waals surface area contributed by atoms with E-state index in [0.29, 0.717) is 22.3 Å². The lowest BCUT2D eigenvalue weighted by Crippen LogP contribution is -2.33. The number of benzene rings is 1. The Morgan fingerprint density at radius 1 is 1.41 bits per heavy atom. The van der Waals surface area contributed by atoms with Gasteiger partial charge in [-0.25, -0.2) is 4.79 Å². The largest absolute Gasteiger partial charge is 0.396 e. The molecule has 0 aliphatic heterocycles. The molecule has 1 unspecified atom stereocenters. The third-order valence-corrected chi connectivity index (χ3v) is 2.84. The summed E-state index contributed by atoms with van der Waals surface area (Å²) in [5.74, 6) is 0.0227. The Morgan fingerprint density at radius 2 is 2.12 bits per heavy atom. The zero-order chi connectivity index (χ0) is 12.8. The number of hydrogen-bond donors (Lipinski definition) is 3. The van der Waals surface area contributed by atoms with Crippen LogP contribution in [0.25, 0.3) is 0 Å². The van der Waals surface area contributed by atoms with E-state index in [1.165, 1.54) is 0 Å². The van der Waals surface area contributed by atoms with Crippen molar-refractivity contribution >= 4 is 34.9 Å². The highest BCUT2D eigenvalue weighted by Gasteiger charge is 2.05. The van der Waals surface area contributed by atoms with Crippen molar-refractivity contribution < 1.29 is 9.90 Å². The smallest absolute Gasteiger partial charge is 0.319 e. The summed E-state index contributed by atoms with van der Waals surface area (Å²) in [6, 6.07) is 4.49. The van der Waals surface area contributed by atoms with Gasteiger partial charge in [-0.1, -0.05) is 30.1 Å². The van der Waals surface area contributed by atoms with E-state index in [1.54, 1.807) is 18.2 Å². The van der Waals surface area contributed by atoms with E-state index in [-0.39, 0.29) is 18.6 Å². The van der Waals surface area contributed by atoms with Crippen LogP contribution in [0, 0.1) is 5.92 Å². The van der Waals surface area contributed by atoms with Crippen LogP contribution in [0.2, 0.25) is 10.0 Å². The third kappa shape index (κ3) is 4.81. The molecule has 0 heterocycles. The van der Waals surface area contributed by atoms with Crippen molar-refractivity contribution in [2.24, 2.45) is 5.92 Å². The summed E-state index contributed by atoms with van der Waals surface area (Å²) >= 11 is 11.6. The maximum Gasteiger partial charge on any atom is 0.319 e. The summed E-state index contributed by atoms with van der Waals surface area (Å²) in [6.45, 7) is 2.27. The van der Waals surface area contributed by atoms with Gasteiger partial charge >= 0.3 is 6.03 Å². The quantitative estimate of drug-likeness (QED) is 0.792. The summed E-state index contributed by atoms with van der Waals surface area (Å²) in [4.78, 5) is 11.4. The maximum atomic E-state index is 11.4. The lowest BCUT2D eigenvalue weighted by Gasteiger charge is -2.11. The van der Waals surface area contributed by atoms with Crippen LogP contribution in [0.3, 0.4) is 0 Å². The normalized spacial score (nSPS) is 12.0. The molecule has 4 nitrogen and oxygen atoms in total. The number of aliphatic hydroxyl groups is 1. The van der Waals surface area contributed by atoms with E-state index >= 15 is 0 Å². The minimum absolute atomic E-state index is 0.0227. The van der Waals surface area contributed by atoms with Crippen molar-refractivity contribution in [3.05, 3.63) is 28.2 Å². The van der Waals surface area contributed by atoms with Crippen molar-refractivity contribution in [2.45, 2.75) is 6.92 Å². The first kappa shape index (κ1) is 14.1. The van der Waals surface area contributed by atoms with Crippen LogP contribution in [0.1, 0.15) is 6.92 Å². The molecule has 0 saturated heterocycles. The molecule has 0 radical (unpaired) electrons. The molecule has 0 aromatic heterocycles. The summed E-state index contributed by atoms with van der Waals surface area (Å²) in [5, 5.41) is 14.9. The Hall–Kier alpha value is -0.970. The Kier molecular flexibility index (Phi) is 5.55.